The molecule has 1 fully saturated rings. The molecule has 0 atom stereocenters. The van der Waals surface area contributed by atoms with Gasteiger partial charge in [0, 0.05) is 13.0 Å². The number of hydrogen-bond donors (Lipinski definition) is 1. The van der Waals surface area contributed by atoms with E-state index in [-0.39, 0.29) is 11.5 Å². The average Bonchev–Trinajstić information content (AvgIpc) is 3.34. The zero-order chi connectivity index (χ0) is 27.6. The largest absolute Gasteiger partial charge is 0.449 e. The van der Waals surface area contributed by atoms with Gasteiger partial charge in [0.15, 0.2) is 5.79 Å². The number of sulfonamides is 1. The van der Waals surface area contributed by atoms with Crippen LogP contribution < -0.4 is 15.2 Å². The second-order valence-electron chi connectivity index (χ2n) is 9.68. The third-order valence-electron chi connectivity index (χ3n) is 6.63. The summed E-state index contributed by atoms with van der Waals surface area (Å²) in [7, 11) is -3.78. The lowest BCUT2D eigenvalue weighted by molar-refractivity contribution is -0.147. The summed E-state index contributed by atoms with van der Waals surface area (Å²) in [6, 6.07) is 13.4. The summed E-state index contributed by atoms with van der Waals surface area (Å²) >= 11 is 0. The first kappa shape index (κ1) is 29.9. The second-order valence-corrected chi connectivity index (χ2v) is 11.5. The first-order valence-electron chi connectivity index (χ1n) is 13.4. The van der Waals surface area contributed by atoms with E-state index >= 15 is 0 Å². The summed E-state index contributed by atoms with van der Waals surface area (Å²) in [5, 5.41) is 0.900. The summed E-state index contributed by atoms with van der Waals surface area (Å²) in [5.74, 6) is 5.41. The van der Waals surface area contributed by atoms with E-state index < -0.39 is 21.9 Å². The van der Waals surface area contributed by atoms with Crippen molar-refractivity contribution in [2.24, 2.45) is 5.84 Å². The van der Waals surface area contributed by atoms with Crippen LogP contribution >= 0.6 is 0 Å². The maximum atomic E-state index is 13.6. The van der Waals surface area contributed by atoms with Crippen molar-refractivity contribution in [3.05, 3.63) is 54.1 Å². The first-order chi connectivity index (χ1) is 18.2. The molecule has 2 aromatic rings. The highest BCUT2D eigenvalue weighted by molar-refractivity contribution is 7.92. The summed E-state index contributed by atoms with van der Waals surface area (Å²) in [6.45, 7) is 7.49. The van der Waals surface area contributed by atoms with Crippen LogP contribution in [0, 0.1) is 6.92 Å². The second kappa shape index (κ2) is 13.9. The highest BCUT2D eigenvalue weighted by Crippen LogP contribution is 2.28. The molecule has 1 amide bonds. The molecular formula is C28H41N3O6S. The molecule has 3 rings (SSSR count). The van der Waals surface area contributed by atoms with Crippen molar-refractivity contribution in [3.8, 4) is 0 Å². The Labute approximate surface area is 226 Å². The van der Waals surface area contributed by atoms with Crippen LogP contribution in [0.4, 0.5) is 16.2 Å². The van der Waals surface area contributed by atoms with Crippen LogP contribution in [0.3, 0.4) is 0 Å². The maximum absolute atomic E-state index is 13.6. The van der Waals surface area contributed by atoms with E-state index in [0.717, 1.165) is 55.5 Å². The average molecular weight is 548 g/mol. The van der Waals surface area contributed by atoms with Crippen LogP contribution in [0.25, 0.3) is 0 Å². The van der Waals surface area contributed by atoms with Gasteiger partial charge in [0.1, 0.15) is 0 Å². The number of carbonyl (C=O) groups is 1. The normalized spacial score (nSPS) is 14.8. The number of aryl methyl sites for hydroxylation is 1. The summed E-state index contributed by atoms with van der Waals surface area (Å²) < 4.78 is 44.9. The molecule has 1 heterocycles. The number of rotatable bonds is 14. The van der Waals surface area contributed by atoms with Crippen LogP contribution in [0.1, 0.15) is 64.4 Å². The number of carbonyl (C=O) groups excluding carboxylic acids is 1. The Kier molecular flexibility index (Phi) is 11.0. The Bertz CT molecular complexity index is 1120. The van der Waals surface area contributed by atoms with Crippen LogP contribution in [-0.4, -0.2) is 46.7 Å². The molecule has 0 bridgehead atoms. The maximum Gasteiger partial charge on any atom is 0.428 e. The molecular weight excluding hydrogens is 506 g/mol. The fourth-order valence-electron chi connectivity index (χ4n) is 4.41. The topological polar surface area (TPSA) is 111 Å². The van der Waals surface area contributed by atoms with Crippen molar-refractivity contribution >= 4 is 27.5 Å². The van der Waals surface area contributed by atoms with Gasteiger partial charge in [-0.3, -0.25) is 4.31 Å². The smallest absolute Gasteiger partial charge is 0.428 e. The van der Waals surface area contributed by atoms with Crippen molar-refractivity contribution in [3.63, 3.8) is 0 Å². The Morgan fingerprint density at radius 2 is 1.47 bits per heavy atom. The van der Waals surface area contributed by atoms with Crippen LogP contribution in [0.15, 0.2) is 53.4 Å². The van der Waals surface area contributed by atoms with E-state index in [1.54, 1.807) is 55.5 Å². The van der Waals surface area contributed by atoms with Crippen molar-refractivity contribution < 1.29 is 27.4 Å². The predicted octanol–water partition coefficient (Wildman–Crippen LogP) is 5.52. The van der Waals surface area contributed by atoms with Gasteiger partial charge in [0.05, 0.1) is 36.1 Å². The molecule has 2 aromatic carbocycles. The van der Waals surface area contributed by atoms with E-state index in [0.29, 0.717) is 31.1 Å². The van der Waals surface area contributed by atoms with E-state index in [2.05, 4.69) is 0 Å². The van der Waals surface area contributed by atoms with Crippen molar-refractivity contribution in [1.29, 1.82) is 0 Å². The highest BCUT2D eigenvalue weighted by Gasteiger charge is 2.30. The van der Waals surface area contributed by atoms with Crippen LogP contribution in [-0.2, 0) is 24.2 Å². The van der Waals surface area contributed by atoms with E-state index in [9.17, 15) is 13.2 Å². The molecule has 0 aliphatic carbocycles. The van der Waals surface area contributed by atoms with Crippen molar-refractivity contribution in [2.75, 3.05) is 35.7 Å². The fourth-order valence-corrected chi connectivity index (χ4v) is 5.92. The minimum atomic E-state index is -3.78. The number of unbranched alkanes of at least 4 members (excludes halogenated alkanes) is 5. The Hall–Kier alpha value is -2.66. The molecule has 0 radical (unpaired) electrons. The predicted molar refractivity (Wildman–Crippen MR) is 148 cm³/mol. The quantitative estimate of drug-likeness (QED) is 0.143. The third kappa shape index (κ3) is 8.17. The molecule has 38 heavy (non-hydrogen) atoms. The number of ether oxygens (including phenoxy) is 3. The van der Waals surface area contributed by atoms with Gasteiger partial charge in [-0.1, -0.05) is 43.4 Å². The molecule has 10 heteroatoms. The van der Waals surface area contributed by atoms with E-state index in [1.165, 1.54) is 4.31 Å². The standard InChI is InChI=1S/C28H41N3O6S/c1-4-35-27(32)31(29)25-15-13-24(14-16-25)30(38(33,34)26-17-11-23(2)12-18-26)20-10-8-6-5-7-9-19-28(3)36-21-22-37-28/h11-18H,4-10,19-22,29H2,1-3H3. The fraction of sp³-hybridized carbons (Fsp3) is 0.536. The zero-order valence-electron chi connectivity index (χ0n) is 22.7. The Balaban J connectivity index is 1.61. The molecule has 1 aliphatic rings. The monoisotopic (exact) mass is 547 g/mol. The lowest BCUT2D eigenvalue weighted by Gasteiger charge is -2.25. The minimum absolute atomic E-state index is 0.204. The van der Waals surface area contributed by atoms with Gasteiger partial charge >= 0.3 is 6.09 Å². The van der Waals surface area contributed by atoms with Gasteiger partial charge in [-0.25, -0.2) is 24.1 Å². The minimum Gasteiger partial charge on any atom is -0.449 e. The highest BCUT2D eigenvalue weighted by atomic mass is 32.2. The zero-order valence-corrected chi connectivity index (χ0v) is 23.5. The lowest BCUT2D eigenvalue weighted by atomic mass is 10.1. The van der Waals surface area contributed by atoms with Gasteiger partial charge in [-0.15, -0.1) is 0 Å². The number of hydrazine groups is 1. The molecule has 0 spiro atoms. The van der Waals surface area contributed by atoms with Crippen molar-refractivity contribution in [2.45, 2.75) is 76.4 Å². The molecule has 0 saturated carbocycles. The number of anilines is 2. The van der Waals surface area contributed by atoms with Gasteiger partial charge in [0.2, 0.25) is 0 Å². The van der Waals surface area contributed by atoms with Gasteiger partial charge < -0.3 is 14.2 Å². The number of benzene rings is 2. The SMILES string of the molecule is CCOC(=O)N(N)c1ccc(N(CCCCCCCCC2(C)OCCO2)S(=O)(=O)c2ccc(C)cc2)cc1. The molecule has 210 valence electrons. The van der Waals surface area contributed by atoms with Gasteiger partial charge in [-0.05, 0) is 70.0 Å². The summed E-state index contributed by atoms with van der Waals surface area (Å²) in [4.78, 5) is 12.2. The Morgan fingerprint density at radius 3 is 2.08 bits per heavy atom. The molecule has 1 aliphatic heterocycles. The molecule has 0 aromatic heterocycles. The third-order valence-corrected chi connectivity index (χ3v) is 8.47. The number of nitrogens with zero attached hydrogens (tertiary/aromatic N) is 2. The first-order valence-corrected chi connectivity index (χ1v) is 14.8. The summed E-state index contributed by atoms with van der Waals surface area (Å²) in [5.41, 5.74) is 1.90. The van der Waals surface area contributed by atoms with Crippen molar-refractivity contribution in [1.82, 2.24) is 0 Å². The van der Waals surface area contributed by atoms with Gasteiger partial charge in [0.25, 0.3) is 10.0 Å². The Morgan fingerprint density at radius 1 is 0.921 bits per heavy atom. The summed E-state index contributed by atoms with van der Waals surface area (Å²) in [6.07, 6.45) is 6.09. The number of amides is 1. The van der Waals surface area contributed by atoms with E-state index in [4.69, 9.17) is 20.1 Å². The van der Waals surface area contributed by atoms with Gasteiger partial charge in [-0.2, -0.15) is 0 Å². The molecule has 1 saturated heterocycles. The van der Waals surface area contributed by atoms with Crippen LogP contribution in [0.5, 0.6) is 0 Å². The lowest BCUT2D eigenvalue weighted by Crippen LogP contribution is -2.38. The number of hydrogen-bond acceptors (Lipinski definition) is 7. The van der Waals surface area contributed by atoms with E-state index in [1.807, 2.05) is 13.8 Å². The van der Waals surface area contributed by atoms with Crippen LogP contribution in [0.2, 0.25) is 0 Å². The molecule has 2 N–H and O–H groups in total. The molecule has 9 nitrogen and oxygen atoms in total. The number of nitrogens with two attached hydrogens (primary N) is 1. The molecule has 0 unspecified atom stereocenters.